The highest BCUT2D eigenvalue weighted by Crippen LogP contribution is 2.25. The Morgan fingerprint density at radius 2 is 1.71 bits per heavy atom. The first-order chi connectivity index (χ1) is 10.3. The second kappa shape index (κ2) is 4.31. The minimum atomic E-state index is -0.160. The van der Waals surface area contributed by atoms with Gasteiger partial charge in [0.2, 0.25) is 0 Å². The zero-order chi connectivity index (χ0) is 14.4. The van der Waals surface area contributed by atoms with Crippen LogP contribution in [0.4, 0.5) is 0 Å². The van der Waals surface area contributed by atoms with Crippen molar-refractivity contribution in [3.63, 3.8) is 0 Å². The average molecular weight is 276 g/mol. The lowest BCUT2D eigenvalue weighted by Crippen LogP contribution is -2.19. The van der Waals surface area contributed by atoms with Gasteiger partial charge in [0, 0.05) is 18.0 Å². The first-order valence-corrected chi connectivity index (χ1v) is 6.72. The highest BCUT2D eigenvalue weighted by Gasteiger charge is 2.16. The number of hydrogen-bond donors (Lipinski definition) is 0. The van der Waals surface area contributed by atoms with Crippen LogP contribution in [0.15, 0.2) is 63.8 Å². The molecule has 0 radical (unpaired) electrons. The zero-order valence-corrected chi connectivity index (χ0v) is 11.4. The number of para-hydroxylation sites is 2. The average Bonchev–Trinajstić information content (AvgIpc) is 2.91. The first-order valence-electron chi connectivity index (χ1n) is 6.72. The number of aromatic nitrogens is 2. The number of hydrogen-bond acceptors (Lipinski definition) is 3. The van der Waals surface area contributed by atoms with E-state index in [9.17, 15) is 4.79 Å². The minimum absolute atomic E-state index is 0.160. The molecule has 0 unspecified atom stereocenters. The molecule has 21 heavy (non-hydrogen) atoms. The number of aryl methyl sites for hydroxylation is 1. The van der Waals surface area contributed by atoms with E-state index in [0.717, 1.165) is 16.6 Å². The molecule has 0 saturated heterocycles. The lowest BCUT2D eigenvalue weighted by Gasteiger charge is -2.10. The number of fused-ring (bicyclic) bond motifs is 3. The fraction of sp³-hybridized carbons (Fsp3) is 0.0588. The summed E-state index contributed by atoms with van der Waals surface area (Å²) in [5.41, 5.74) is 2.40. The molecule has 0 aliphatic carbocycles. The summed E-state index contributed by atoms with van der Waals surface area (Å²) < 4.78 is 7.31. The van der Waals surface area contributed by atoms with Crippen molar-refractivity contribution >= 4 is 22.0 Å². The van der Waals surface area contributed by atoms with Gasteiger partial charge in [-0.2, -0.15) is 0 Å². The van der Waals surface area contributed by atoms with Crippen LogP contribution >= 0.6 is 0 Å². The smallest absolute Gasteiger partial charge is 0.285 e. The predicted octanol–water partition coefficient (Wildman–Crippen LogP) is 3.44. The Labute approximate surface area is 120 Å². The second-order valence-corrected chi connectivity index (χ2v) is 4.90. The van der Waals surface area contributed by atoms with E-state index in [4.69, 9.17) is 4.42 Å². The molecule has 0 aliphatic rings. The molecule has 0 atom stereocenters. The normalized spacial score (nSPS) is 11.3. The van der Waals surface area contributed by atoms with Crippen LogP contribution in [0.3, 0.4) is 0 Å². The molecule has 4 nitrogen and oxygen atoms in total. The van der Waals surface area contributed by atoms with E-state index in [1.54, 1.807) is 11.5 Å². The number of pyridine rings is 1. The molecular weight excluding hydrogens is 264 g/mol. The quantitative estimate of drug-likeness (QED) is 0.535. The molecular formula is C17H12N2O2. The van der Waals surface area contributed by atoms with Crippen LogP contribution in [-0.2, 0) is 0 Å². The number of oxazole rings is 1. The molecule has 4 aromatic rings. The summed E-state index contributed by atoms with van der Waals surface area (Å²) >= 11 is 0. The van der Waals surface area contributed by atoms with E-state index >= 15 is 0 Å². The lowest BCUT2D eigenvalue weighted by molar-refractivity contribution is 0.563. The van der Waals surface area contributed by atoms with Crippen molar-refractivity contribution in [3.05, 3.63) is 70.8 Å². The molecule has 4 rings (SSSR count). The van der Waals surface area contributed by atoms with Crippen LogP contribution in [0.2, 0.25) is 0 Å². The van der Waals surface area contributed by atoms with Crippen LogP contribution in [0.5, 0.6) is 0 Å². The van der Waals surface area contributed by atoms with Crippen molar-refractivity contribution in [3.8, 4) is 5.69 Å². The van der Waals surface area contributed by atoms with Gasteiger partial charge in [-0.15, -0.1) is 0 Å². The second-order valence-electron chi connectivity index (χ2n) is 4.90. The maximum Gasteiger partial charge on any atom is 0.285 e. The minimum Gasteiger partial charge on any atom is -0.440 e. The summed E-state index contributed by atoms with van der Waals surface area (Å²) in [4.78, 5) is 17.0. The summed E-state index contributed by atoms with van der Waals surface area (Å²) in [5, 5.41) is 0.886. The van der Waals surface area contributed by atoms with E-state index in [-0.39, 0.29) is 5.56 Å². The van der Waals surface area contributed by atoms with Gasteiger partial charge < -0.3 is 4.42 Å². The molecule has 0 N–H and O–H groups in total. The molecule has 0 aliphatic heterocycles. The van der Waals surface area contributed by atoms with E-state index in [1.165, 1.54) is 0 Å². The molecule has 102 valence electrons. The molecule has 0 fully saturated rings. The predicted molar refractivity (Wildman–Crippen MR) is 81.8 cm³/mol. The molecule has 0 bridgehead atoms. The van der Waals surface area contributed by atoms with Gasteiger partial charge >= 0.3 is 0 Å². The van der Waals surface area contributed by atoms with Crippen LogP contribution in [0.25, 0.3) is 27.7 Å². The third-order valence-corrected chi connectivity index (χ3v) is 3.54. The van der Waals surface area contributed by atoms with E-state index < -0.39 is 0 Å². The summed E-state index contributed by atoms with van der Waals surface area (Å²) in [7, 11) is 0. The fourth-order valence-corrected chi connectivity index (χ4v) is 2.66. The summed E-state index contributed by atoms with van der Waals surface area (Å²) in [6.45, 7) is 1.75. The number of nitrogens with zero attached hydrogens (tertiary/aromatic N) is 2. The SMILES string of the molecule is Cc1nc2c(=O)n(-c3ccccc3)c3ccccc3c2o1. The topological polar surface area (TPSA) is 48.0 Å². The van der Waals surface area contributed by atoms with Crippen molar-refractivity contribution in [1.82, 2.24) is 9.55 Å². The Morgan fingerprint density at radius 3 is 2.52 bits per heavy atom. The third kappa shape index (κ3) is 1.69. The first kappa shape index (κ1) is 11.9. The Kier molecular flexibility index (Phi) is 2.44. The van der Waals surface area contributed by atoms with Crippen LogP contribution in [0.1, 0.15) is 5.89 Å². The van der Waals surface area contributed by atoms with Crippen LogP contribution in [0, 0.1) is 6.92 Å². The largest absolute Gasteiger partial charge is 0.440 e. The van der Waals surface area contributed by atoms with Gasteiger partial charge in [-0.1, -0.05) is 30.3 Å². The standard InChI is InChI=1S/C17H12N2O2/c1-11-18-15-16(21-11)13-9-5-6-10-14(13)19(17(15)20)12-7-3-2-4-8-12/h2-10H,1H3. The van der Waals surface area contributed by atoms with Crippen molar-refractivity contribution in [2.75, 3.05) is 0 Å². The van der Waals surface area contributed by atoms with Crippen LogP contribution in [-0.4, -0.2) is 9.55 Å². The van der Waals surface area contributed by atoms with Gasteiger partial charge in [0.15, 0.2) is 17.0 Å². The van der Waals surface area contributed by atoms with Gasteiger partial charge in [0.25, 0.3) is 5.56 Å². The lowest BCUT2D eigenvalue weighted by atomic mass is 10.2. The summed E-state index contributed by atoms with van der Waals surface area (Å²) in [6, 6.07) is 17.3. The Morgan fingerprint density at radius 1 is 1.00 bits per heavy atom. The summed E-state index contributed by atoms with van der Waals surface area (Å²) in [6.07, 6.45) is 0. The van der Waals surface area contributed by atoms with E-state index in [2.05, 4.69) is 4.98 Å². The fourth-order valence-electron chi connectivity index (χ4n) is 2.66. The molecule has 4 heteroatoms. The molecule has 2 heterocycles. The number of benzene rings is 2. The molecule has 0 spiro atoms. The van der Waals surface area contributed by atoms with Crippen LogP contribution < -0.4 is 5.56 Å². The van der Waals surface area contributed by atoms with Crippen molar-refractivity contribution in [2.45, 2.75) is 6.92 Å². The molecule has 2 aromatic carbocycles. The van der Waals surface area contributed by atoms with Gasteiger partial charge in [-0.05, 0) is 24.3 Å². The molecule has 0 saturated carbocycles. The van der Waals surface area contributed by atoms with Crippen molar-refractivity contribution < 1.29 is 4.42 Å². The maximum atomic E-state index is 12.8. The highest BCUT2D eigenvalue weighted by atomic mass is 16.3. The van der Waals surface area contributed by atoms with E-state index in [0.29, 0.717) is 17.0 Å². The Bertz CT molecular complexity index is 1010. The Balaban J connectivity index is 2.28. The number of rotatable bonds is 1. The van der Waals surface area contributed by atoms with E-state index in [1.807, 2.05) is 54.6 Å². The third-order valence-electron chi connectivity index (χ3n) is 3.54. The zero-order valence-electron chi connectivity index (χ0n) is 11.4. The summed E-state index contributed by atoms with van der Waals surface area (Å²) in [5.74, 6) is 0.498. The Hall–Kier alpha value is -2.88. The van der Waals surface area contributed by atoms with Gasteiger partial charge in [0.05, 0.1) is 5.52 Å². The molecule has 0 amide bonds. The highest BCUT2D eigenvalue weighted by molar-refractivity contribution is 6.01. The van der Waals surface area contributed by atoms with Crippen molar-refractivity contribution in [1.29, 1.82) is 0 Å². The van der Waals surface area contributed by atoms with Crippen molar-refractivity contribution in [2.24, 2.45) is 0 Å². The van der Waals surface area contributed by atoms with Gasteiger partial charge in [-0.25, -0.2) is 4.98 Å². The molecule has 2 aromatic heterocycles. The monoisotopic (exact) mass is 276 g/mol. The maximum absolute atomic E-state index is 12.8. The van der Waals surface area contributed by atoms with Gasteiger partial charge in [0.1, 0.15) is 0 Å². The van der Waals surface area contributed by atoms with Gasteiger partial charge in [-0.3, -0.25) is 9.36 Å².